The van der Waals surface area contributed by atoms with Crippen molar-refractivity contribution in [2.75, 3.05) is 5.75 Å². The molecule has 0 unspecified atom stereocenters. The van der Waals surface area contributed by atoms with Crippen LogP contribution in [0.5, 0.6) is 5.75 Å². The van der Waals surface area contributed by atoms with Crippen molar-refractivity contribution in [3.05, 3.63) is 64.5 Å². The molecule has 0 spiro atoms. The Morgan fingerprint density at radius 3 is 2.48 bits per heavy atom. The summed E-state index contributed by atoms with van der Waals surface area (Å²) in [6.45, 7) is 4.08. The first-order valence-electron chi connectivity index (χ1n) is 6.62. The van der Waals surface area contributed by atoms with Crippen molar-refractivity contribution in [1.29, 1.82) is 0 Å². The maximum Gasteiger partial charge on any atom is 0.176 e. The molecule has 0 amide bonds. The van der Waals surface area contributed by atoms with E-state index in [0.29, 0.717) is 5.75 Å². The molecule has 0 bridgehead atoms. The predicted octanol–water partition coefficient (Wildman–Crippen LogP) is 4.26. The number of phenols is 1. The first-order chi connectivity index (χ1) is 9.95. The summed E-state index contributed by atoms with van der Waals surface area (Å²) in [5, 5.41) is 9.60. The van der Waals surface area contributed by atoms with E-state index in [1.165, 1.54) is 29.0 Å². The van der Waals surface area contributed by atoms with Crippen LogP contribution in [0.3, 0.4) is 0 Å². The maximum atomic E-state index is 13.1. The van der Waals surface area contributed by atoms with Gasteiger partial charge in [-0.05, 0) is 37.6 Å². The van der Waals surface area contributed by atoms with E-state index in [1.54, 1.807) is 0 Å². The quantitative estimate of drug-likeness (QED) is 0.838. The Labute approximate surface area is 128 Å². The second-order valence-corrected chi connectivity index (χ2v) is 6.06. The number of carbonyl (C=O) groups excluding carboxylic acids is 1. The third-order valence-electron chi connectivity index (χ3n) is 3.04. The van der Waals surface area contributed by atoms with Crippen LogP contribution in [0.15, 0.2) is 36.4 Å². The monoisotopic (exact) mass is 304 g/mol. The third kappa shape index (κ3) is 4.33. The second kappa shape index (κ2) is 6.76. The van der Waals surface area contributed by atoms with Crippen molar-refractivity contribution in [3.63, 3.8) is 0 Å². The van der Waals surface area contributed by atoms with E-state index < -0.39 is 5.82 Å². The van der Waals surface area contributed by atoms with Gasteiger partial charge in [-0.3, -0.25) is 4.79 Å². The minimum Gasteiger partial charge on any atom is -0.507 e. The van der Waals surface area contributed by atoms with Gasteiger partial charge in [-0.15, -0.1) is 11.8 Å². The highest BCUT2D eigenvalue weighted by atomic mass is 32.2. The molecule has 21 heavy (non-hydrogen) atoms. The lowest BCUT2D eigenvalue weighted by molar-refractivity contribution is 0.101. The summed E-state index contributed by atoms with van der Waals surface area (Å²) in [6, 6.07) is 9.69. The summed E-state index contributed by atoms with van der Waals surface area (Å²) in [6.07, 6.45) is 0. The van der Waals surface area contributed by atoms with Gasteiger partial charge in [0.1, 0.15) is 11.6 Å². The largest absolute Gasteiger partial charge is 0.507 e. The van der Waals surface area contributed by atoms with Crippen molar-refractivity contribution in [1.82, 2.24) is 0 Å². The van der Waals surface area contributed by atoms with Crippen LogP contribution < -0.4 is 0 Å². The zero-order valence-corrected chi connectivity index (χ0v) is 12.8. The summed E-state index contributed by atoms with van der Waals surface area (Å²) in [5.41, 5.74) is 3.59. The number of Topliss-reactive ketones (excluding diaryl/α,β-unsaturated/α-hetero) is 1. The van der Waals surface area contributed by atoms with Gasteiger partial charge in [0, 0.05) is 5.75 Å². The fraction of sp³-hybridized carbons (Fsp3) is 0.235. The average Bonchev–Trinajstić information content (AvgIpc) is 2.40. The fourth-order valence-corrected chi connectivity index (χ4v) is 3.07. The Morgan fingerprint density at radius 1 is 1.14 bits per heavy atom. The van der Waals surface area contributed by atoms with Gasteiger partial charge < -0.3 is 5.11 Å². The number of ketones is 1. The van der Waals surface area contributed by atoms with Gasteiger partial charge in [0.25, 0.3) is 0 Å². The summed E-state index contributed by atoms with van der Waals surface area (Å²) in [4.78, 5) is 12.0. The number of phenolic OH excluding ortho intramolecular Hbond substituents is 1. The molecule has 0 heterocycles. The molecule has 0 atom stereocenters. The van der Waals surface area contributed by atoms with Crippen LogP contribution in [0, 0.1) is 19.7 Å². The average molecular weight is 304 g/mol. The number of aromatic hydroxyl groups is 1. The predicted molar refractivity (Wildman–Crippen MR) is 84.5 cm³/mol. The molecular weight excluding hydrogens is 287 g/mol. The number of aryl methyl sites for hydroxylation is 2. The van der Waals surface area contributed by atoms with Crippen molar-refractivity contribution in [2.45, 2.75) is 19.6 Å². The summed E-state index contributed by atoms with van der Waals surface area (Å²) < 4.78 is 13.1. The van der Waals surface area contributed by atoms with Crippen LogP contribution in [0.1, 0.15) is 27.0 Å². The van der Waals surface area contributed by atoms with Crippen molar-refractivity contribution < 1.29 is 14.3 Å². The Hall–Kier alpha value is -1.81. The molecule has 0 saturated carbocycles. The molecular formula is C17H17FO2S. The molecule has 0 aliphatic carbocycles. The minimum absolute atomic E-state index is 0.0444. The first-order valence-corrected chi connectivity index (χ1v) is 7.78. The summed E-state index contributed by atoms with van der Waals surface area (Å²) in [5.74, 6) is -0.0285. The van der Waals surface area contributed by atoms with Crippen molar-refractivity contribution in [2.24, 2.45) is 0 Å². The Bertz CT molecular complexity index is 648. The van der Waals surface area contributed by atoms with Gasteiger partial charge in [-0.1, -0.05) is 29.3 Å². The third-order valence-corrected chi connectivity index (χ3v) is 4.05. The fourth-order valence-electron chi connectivity index (χ4n) is 2.22. The molecule has 0 saturated heterocycles. The van der Waals surface area contributed by atoms with Crippen LogP contribution in [-0.2, 0) is 5.75 Å². The van der Waals surface area contributed by atoms with E-state index in [9.17, 15) is 14.3 Å². The molecule has 110 valence electrons. The Kier molecular flexibility index (Phi) is 5.02. The molecule has 0 aromatic heterocycles. The molecule has 1 N–H and O–H groups in total. The number of benzene rings is 2. The molecule has 2 rings (SSSR count). The number of thioether (sulfide) groups is 1. The lowest BCUT2D eigenvalue weighted by Gasteiger charge is -2.06. The molecule has 0 aliphatic heterocycles. The number of rotatable bonds is 5. The second-order valence-electron chi connectivity index (χ2n) is 5.07. The molecule has 4 heteroatoms. The van der Waals surface area contributed by atoms with Crippen molar-refractivity contribution in [3.8, 4) is 5.75 Å². The molecule has 2 aromatic carbocycles. The van der Waals surface area contributed by atoms with Crippen molar-refractivity contribution >= 4 is 17.5 Å². The van der Waals surface area contributed by atoms with Crippen LogP contribution in [-0.4, -0.2) is 16.6 Å². The number of carbonyl (C=O) groups is 1. The zero-order chi connectivity index (χ0) is 15.4. The van der Waals surface area contributed by atoms with E-state index in [0.717, 1.165) is 17.7 Å². The van der Waals surface area contributed by atoms with Gasteiger partial charge in [0.15, 0.2) is 5.78 Å². The van der Waals surface area contributed by atoms with Crippen LogP contribution in [0.2, 0.25) is 0 Å². The van der Waals surface area contributed by atoms with E-state index in [2.05, 4.69) is 18.2 Å². The maximum absolute atomic E-state index is 13.1. The highest BCUT2D eigenvalue weighted by Crippen LogP contribution is 2.22. The van der Waals surface area contributed by atoms with E-state index >= 15 is 0 Å². The normalized spacial score (nSPS) is 10.6. The molecule has 2 nitrogen and oxygen atoms in total. The van der Waals surface area contributed by atoms with E-state index in [1.807, 2.05) is 13.8 Å². The smallest absolute Gasteiger partial charge is 0.176 e. The summed E-state index contributed by atoms with van der Waals surface area (Å²) >= 11 is 1.46. The number of hydrogen-bond donors (Lipinski definition) is 1. The lowest BCUT2D eigenvalue weighted by Crippen LogP contribution is -2.03. The summed E-state index contributed by atoms with van der Waals surface area (Å²) in [7, 11) is 0. The minimum atomic E-state index is -0.518. The molecule has 0 fully saturated rings. The van der Waals surface area contributed by atoms with E-state index in [4.69, 9.17) is 0 Å². The van der Waals surface area contributed by atoms with Gasteiger partial charge in [-0.25, -0.2) is 4.39 Å². The highest BCUT2D eigenvalue weighted by molar-refractivity contribution is 7.99. The van der Waals surface area contributed by atoms with Crippen LogP contribution in [0.25, 0.3) is 0 Å². The zero-order valence-electron chi connectivity index (χ0n) is 12.0. The standard InChI is InChI=1S/C17H17FO2S/c1-11-5-12(2)7-13(6-11)9-21-10-17(20)15-8-14(18)3-4-16(15)19/h3-8,19H,9-10H2,1-2H3. The molecule has 2 aromatic rings. The topological polar surface area (TPSA) is 37.3 Å². The van der Waals surface area contributed by atoms with Gasteiger partial charge in [-0.2, -0.15) is 0 Å². The van der Waals surface area contributed by atoms with Crippen LogP contribution >= 0.6 is 11.8 Å². The molecule has 0 radical (unpaired) electrons. The SMILES string of the molecule is Cc1cc(C)cc(CSCC(=O)c2cc(F)ccc2O)c1. The van der Waals surface area contributed by atoms with Gasteiger partial charge in [0.05, 0.1) is 11.3 Å². The lowest BCUT2D eigenvalue weighted by atomic mass is 10.1. The Morgan fingerprint density at radius 2 is 1.81 bits per heavy atom. The van der Waals surface area contributed by atoms with Gasteiger partial charge in [0.2, 0.25) is 0 Å². The Balaban J connectivity index is 1.96. The van der Waals surface area contributed by atoms with E-state index in [-0.39, 0.29) is 22.8 Å². The first kappa shape index (κ1) is 15.6. The van der Waals surface area contributed by atoms with Gasteiger partial charge >= 0.3 is 0 Å². The number of halogens is 1. The number of hydrogen-bond acceptors (Lipinski definition) is 3. The molecule has 0 aliphatic rings. The highest BCUT2D eigenvalue weighted by Gasteiger charge is 2.12. The van der Waals surface area contributed by atoms with Crippen LogP contribution in [0.4, 0.5) is 4.39 Å².